The van der Waals surface area contributed by atoms with Gasteiger partial charge >= 0.3 is 0 Å². The molecule has 0 fully saturated rings. The van der Waals surface area contributed by atoms with E-state index in [2.05, 4.69) is 10.6 Å². The lowest BCUT2D eigenvalue weighted by atomic mass is 9.95. The lowest BCUT2D eigenvalue weighted by Crippen LogP contribution is -2.34. The van der Waals surface area contributed by atoms with E-state index in [0.29, 0.717) is 94.9 Å². The van der Waals surface area contributed by atoms with Crippen LogP contribution in [0.15, 0.2) is 97.1 Å². The van der Waals surface area contributed by atoms with E-state index in [1.807, 2.05) is 72.2 Å². The van der Waals surface area contributed by atoms with E-state index in [9.17, 15) is 19.3 Å². The van der Waals surface area contributed by atoms with Crippen LogP contribution in [0, 0.1) is 0 Å². The second-order valence-electron chi connectivity index (χ2n) is 13.8. The number of unbranched alkanes of at least 4 members (excludes halogenated alkanes) is 4. The highest BCUT2D eigenvalue weighted by atomic mass is 32.7. The summed E-state index contributed by atoms with van der Waals surface area (Å²) in [6, 6.07) is 30.0. The van der Waals surface area contributed by atoms with Crippen LogP contribution in [0.5, 0.6) is 11.5 Å². The van der Waals surface area contributed by atoms with Gasteiger partial charge in [0.25, 0.3) is 0 Å². The number of amides is 2. The second-order valence-corrected chi connectivity index (χ2v) is 16.4. The van der Waals surface area contributed by atoms with Gasteiger partial charge < -0.3 is 40.4 Å². The van der Waals surface area contributed by atoms with Crippen LogP contribution in [0.4, 0.5) is 5.69 Å². The van der Waals surface area contributed by atoms with Crippen molar-refractivity contribution >= 4 is 56.7 Å². The second kappa shape index (κ2) is 24.5. The molecule has 0 aliphatic carbocycles. The minimum absolute atomic E-state index is 0.0126. The summed E-state index contributed by atoms with van der Waals surface area (Å²) in [4.78, 5) is 28.2. The first-order valence-electron chi connectivity index (χ1n) is 19.8. The van der Waals surface area contributed by atoms with Crippen LogP contribution in [0.2, 0.25) is 0 Å². The number of carbonyl (C=O) groups excluding carboxylic acids is 2. The Kier molecular flexibility index (Phi) is 18.8. The van der Waals surface area contributed by atoms with Gasteiger partial charge in [-0.2, -0.15) is 0 Å². The number of anilines is 1. The quantitative estimate of drug-likeness (QED) is 0.0306. The Morgan fingerprint density at radius 1 is 0.845 bits per heavy atom. The average molecular weight is 845 g/mol. The fraction of sp³-hybridized carbons (Fsp3) is 0.364. The van der Waals surface area contributed by atoms with Gasteiger partial charge in [0.2, 0.25) is 25.8 Å². The number of para-hydroxylation sites is 1. The Morgan fingerprint density at radius 2 is 1.55 bits per heavy atom. The number of aliphatic hydroxyl groups is 1. The van der Waals surface area contributed by atoms with Crippen molar-refractivity contribution in [2.45, 2.75) is 70.0 Å². The summed E-state index contributed by atoms with van der Waals surface area (Å²) < 4.78 is 27.9. The van der Waals surface area contributed by atoms with Crippen LogP contribution in [-0.4, -0.2) is 49.9 Å². The van der Waals surface area contributed by atoms with Gasteiger partial charge in [-0.3, -0.25) is 14.2 Å². The number of carbonyl (C=O) groups is 2. The number of aliphatic hydroxyl groups excluding tert-OH is 1. The summed E-state index contributed by atoms with van der Waals surface area (Å²) in [7, 11) is 0.570. The zero-order valence-electron chi connectivity index (χ0n) is 33.0. The number of nitrogens with one attached hydrogen (secondary N) is 2. The predicted molar refractivity (Wildman–Crippen MR) is 236 cm³/mol. The third kappa shape index (κ3) is 13.8. The molecule has 308 valence electrons. The monoisotopic (exact) mass is 844 g/mol. The molecule has 1 aliphatic rings. The topological polar surface area (TPSA) is 152 Å². The maximum atomic E-state index is 13.9. The highest BCUT2D eigenvalue weighted by Crippen LogP contribution is 2.35. The zero-order valence-corrected chi connectivity index (χ0v) is 35.7. The van der Waals surface area contributed by atoms with Gasteiger partial charge in [-0.1, -0.05) is 78.8 Å². The standard InChI is InChI=1S/C44H54N4O7P2S/c1-56-54-28-11-3-2-10-26-46-40(49)16-8-9-17-41(50)48-30-34-12-4-5-13-37(34)42(45)43(38-14-6-7-15-39(38)48)47-27-29-53-35-24-20-33(21-25-35)44(51)55-36-22-18-32(19-23-36)31-58-57-52/h4-7,12-15,18-25,44,47,51,56H,2-3,8-11,16-17,26-31,45H2,1H3,(H,46,49)/b43-42-. The summed E-state index contributed by atoms with van der Waals surface area (Å²) in [5, 5.41) is 17.2. The molecule has 1 aliphatic heterocycles. The molecule has 2 unspecified atom stereocenters. The molecule has 11 nitrogen and oxygen atoms in total. The third-order valence-electron chi connectivity index (χ3n) is 9.65. The molecule has 2 amide bonds. The molecule has 0 bridgehead atoms. The summed E-state index contributed by atoms with van der Waals surface area (Å²) in [6.45, 7) is 4.63. The van der Waals surface area contributed by atoms with E-state index in [1.54, 1.807) is 36.4 Å². The Labute approximate surface area is 349 Å². The molecular formula is C44H54N4O7P2S. The summed E-state index contributed by atoms with van der Waals surface area (Å²) in [5.74, 6) is 1.79. The number of fused-ring (bicyclic) bond motifs is 2. The van der Waals surface area contributed by atoms with E-state index in [-0.39, 0.29) is 19.5 Å². The number of nitrogens with two attached hydrogens (primary N) is 1. The van der Waals surface area contributed by atoms with Crippen LogP contribution < -0.4 is 30.7 Å². The molecule has 14 heteroatoms. The van der Waals surface area contributed by atoms with Crippen LogP contribution in [0.25, 0.3) is 11.4 Å². The van der Waals surface area contributed by atoms with E-state index in [4.69, 9.17) is 19.7 Å². The highest BCUT2D eigenvalue weighted by Gasteiger charge is 2.26. The van der Waals surface area contributed by atoms with Gasteiger partial charge in [0, 0.05) is 57.2 Å². The zero-order chi connectivity index (χ0) is 41.0. The largest absolute Gasteiger partial charge is 0.492 e. The molecule has 2 atom stereocenters. The Morgan fingerprint density at radius 3 is 2.33 bits per heavy atom. The van der Waals surface area contributed by atoms with Gasteiger partial charge in [0.1, 0.15) is 18.1 Å². The van der Waals surface area contributed by atoms with Gasteiger partial charge in [0.05, 0.1) is 30.2 Å². The molecule has 58 heavy (non-hydrogen) atoms. The van der Waals surface area contributed by atoms with Crippen molar-refractivity contribution in [3.8, 4) is 11.5 Å². The molecular weight excluding hydrogens is 791 g/mol. The normalized spacial score (nSPS) is 14.3. The fourth-order valence-electron chi connectivity index (χ4n) is 6.59. The molecule has 0 saturated heterocycles. The maximum absolute atomic E-state index is 13.9. The van der Waals surface area contributed by atoms with Crippen molar-refractivity contribution in [2.75, 3.05) is 37.9 Å². The molecule has 5 rings (SSSR count). The summed E-state index contributed by atoms with van der Waals surface area (Å²) >= 11 is 1.28. The SMILES string of the molecule is CPOCCCCCCNC(=O)CCCCC(=O)N1Cc2ccccc2/C(N)=C(/NCCOc2ccc(C(O)Oc3ccc(CSP=O)cc3)cc2)c2ccccc21. The minimum atomic E-state index is -1.16. The van der Waals surface area contributed by atoms with Crippen LogP contribution in [0.1, 0.15) is 85.5 Å². The van der Waals surface area contributed by atoms with Crippen LogP contribution in [-0.2, 0) is 31.0 Å². The van der Waals surface area contributed by atoms with Crippen LogP contribution in [0.3, 0.4) is 0 Å². The molecule has 0 aromatic heterocycles. The Balaban J connectivity index is 1.14. The molecule has 0 radical (unpaired) electrons. The third-order valence-corrected chi connectivity index (χ3v) is 11.4. The number of hydrogen-bond acceptors (Lipinski definition) is 10. The smallest absolute Gasteiger partial charge is 0.227 e. The Hall–Kier alpha value is -4.44. The molecule has 4 aromatic carbocycles. The summed E-state index contributed by atoms with van der Waals surface area (Å²) in [6.07, 6.45) is 4.98. The van der Waals surface area contributed by atoms with E-state index in [1.165, 1.54) is 11.4 Å². The van der Waals surface area contributed by atoms with E-state index < -0.39 is 6.29 Å². The lowest BCUT2D eigenvalue weighted by molar-refractivity contribution is -0.122. The first-order chi connectivity index (χ1) is 28.4. The molecule has 0 saturated carbocycles. The number of rotatable bonds is 24. The van der Waals surface area contributed by atoms with Gasteiger partial charge in [-0.15, -0.1) is 0 Å². The predicted octanol–water partition coefficient (Wildman–Crippen LogP) is 8.97. The molecule has 1 heterocycles. The van der Waals surface area contributed by atoms with Gasteiger partial charge in [0.15, 0.2) is 0 Å². The van der Waals surface area contributed by atoms with Crippen molar-refractivity contribution in [1.29, 1.82) is 0 Å². The first kappa shape index (κ1) is 44.7. The number of benzene rings is 4. The molecule has 0 spiro atoms. The highest BCUT2D eigenvalue weighted by molar-refractivity contribution is 8.45. The van der Waals surface area contributed by atoms with Crippen molar-refractivity contribution < 1.29 is 33.3 Å². The van der Waals surface area contributed by atoms with Crippen LogP contribution >= 0.6 is 27.9 Å². The minimum Gasteiger partial charge on any atom is -0.492 e. The van der Waals surface area contributed by atoms with Crippen molar-refractivity contribution in [3.05, 3.63) is 125 Å². The number of nitrogens with zero attached hydrogens (tertiary/aromatic N) is 1. The Bertz CT molecular complexity index is 1950. The van der Waals surface area contributed by atoms with Crippen molar-refractivity contribution in [2.24, 2.45) is 5.73 Å². The van der Waals surface area contributed by atoms with E-state index >= 15 is 0 Å². The van der Waals surface area contributed by atoms with E-state index in [0.717, 1.165) is 60.2 Å². The number of hydrogen-bond donors (Lipinski definition) is 4. The summed E-state index contributed by atoms with van der Waals surface area (Å²) in [5.41, 5.74) is 13.2. The lowest BCUT2D eigenvalue weighted by Gasteiger charge is -2.30. The average Bonchev–Trinajstić information content (AvgIpc) is 3.24. The van der Waals surface area contributed by atoms with Crippen molar-refractivity contribution in [3.63, 3.8) is 0 Å². The fourth-order valence-corrected chi connectivity index (χ4v) is 7.94. The maximum Gasteiger partial charge on any atom is 0.227 e. The first-order valence-corrected chi connectivity index (χ1v) is 23.6. The van der Waals surface area contributed by atoms with Gasteiger partial charge in [-0.25, -0.2) is 0 Å². The number of ether oxygens (including phenoxy) is 2. The van der Waals surface area contributed by atoms with Crippen molar-refractivity contribution in [1.82, 2.24) is 10.6 Å². The van der Waals surface area contributed by atoms with Gasteiger partial charge in [-0.05, 0) is 85.9 Å². The molecule has 4 aromatic rings. The molecule has 5 N–H and O–H groups in total.